The van der Waals surface area contributed by atoms with E-state index in [0.717, 1.165) is 41.9 Å². The van der Waals surface area contributed by atoms with Gasteiger partial charge in [-0.15, -0.1) is 11.3 Å². The highest BCUT2D eigenvalue weighted by molar-refractivity contribution is 7.92. The lowest BCUT2D eigenvalue weighted by Crippen LogP contribution is -2.27. The van der Waals surface area contributed by atoms with Gasteiger partial charge in [0.25, 0.3) is 5.91 Å². The van der Waals surface area contributed by atoms with Crippen LogP contribution in [0.2, 0.25) is 0 Å². The van der Waals surface area contributed by atoms with Crippen LogP contribution in [0.15, 0.2) is 41.8 Å². The summed E-state index contributed by atoms with van der Waals surface area (Å²) >= 11 is 0.961. The van der Waals surface area contributed by atoms with Gasteiger partial charge in [0, 0.05) is 10.9 Å². The Morgan fingerprint density at radius 2 is 1.76 bits per heavy atom. The number of benzene rings is 2. The van der Waals surface area contributed by atoms with Crippen LogP contribution in [0.25, 0.3) is 10.6 Å². The van der Waals surface area contributed by atoms with Crippen LogP contribution >= 0.6 is 11.3 Å². The molecule has 0 radical (unpaired) electrons. The zero-order valence-electron chi connectivity index (χ0n) is 17.0. The summed E-state index contributed by atoms with van der Waals surface area (Å²) in [4.78, 5) is 16.6. The number of sulfonamides is 1. The van der Waals surface area contributed by atoms with Gasteiger partial charge in [-0.3, -0.25) is 9.52 Å². The topological polar surface area (TPSA) is 88.2 Å². The Labute approximate surface area is 189 Å². The summed E-state index contributed by atoms with van der Waals surface area (Å²) in [5.74, 6) is -3.05. The Balaban J connectivity index is 1.77. The molecule has 2 aromatic carbocycles. The normalized spacial score (nSPS) is 12.9. The minimum Gasteiger partial charge on any atom is -0.344 e. The first-order chi connectivity index (χ1) is 15.2. The highest BCUT2D eigenvalue weighted by Crippen LogP contribution is 2.33. The molecule has 1 heterocycles. The van der Waals surface area contributed by atoms with Crippen molar-refractivity contribution in [3.63, 3.8) is 0 Å². The van der Waals surface area contributed by atoms with Crippen LogP contribution in [0.3, 0.4) is 0 Å². The molecule has 0 unspecified atom stereocenters. The Bertz CT molecular complexity index is 1280. The van der Waals surface area contributed by atoms with Crippen molar-refractivity contribution in [2.24, 2.45) is 0 Å². The van der Waals surface area contributed by atoms with Gasteiger partial charge in [0.05, 0.1) is 17.9 Å². The molecule has 0 aliphatic carbocycles. The molecule has 13 heteroatoms. The highest BCUT2D eigenvalue weighted by Gasteiger charge is 2.30. The van der Waals surface area contributed by atoms with Crippen LogP contribution in [0.5, 0.6) is 0 Å². The number of rotatable bonds is 6. The van der Waals surface area contributed by atoms with Crippen molar-refractivity contribution in [3.8, 4) is 10.6 Å². The summed E-state index contributed by atoms with van der Waals surface area (Å²) in [6.07, 6.45) is -3.79. The Morgan fingerprint density at radius 1 is 1.12 bits per heavy atom. The number of alkyl halides is 3. The van der Waals surface area contributed by atoms with Crippen LogP contribution in [0, 0.1) is 11.6 Å². The SMILES string of the molecule is C[C@@H](NC(=O)c1csc(-c2cccc(C(F)(F)F)c2)n1)c1cc(F)c(NS(C)(=O)=O)c(F)c1. The second kappa shape index (κ2) is 9.06. The Hall–Kier alpha value is -3.06. The van der Waals surface area contributed by atoms with E-state index in [1.807, 2.05) is 0 Å². The molecular formula is C20H16F5N3O3S2. The number of carbonyl (C=O) groups excluding carboxylic acids is 1. The lowest BCUT2D eigenvalue weighted by atomic mass is 10.1. The monoisotopic (exact) mass is 505 g/mol. The minimum atomic E-state index is -4.53. The molecule has 176 valence electrons. The number of carbonyl (C=O) groups is 1. The van der Waals surface area contributed by atoms with Crippen molar-refractivity contribution >= 4 is 33.0 Å². The third kappa shape index (κ3) is 6.05. The van der Waals surface area contributed by atoms with Crippen molar-refractivity contribution in [2.45, 2.75) is 19.1 Å². The van der Waals surface area contributed by atoms with E-state index in [2.05, 4.69) is 10.3 Å². The molecule has 0 bridgehead atoms. The molecule has 0 spiro atoms. The van der Waals surface area contributed by atoms with Crippen molar-refractivity contribution < 1.29 is 35.2 Å². The van der Waals surface area contributed by atoms with E-state index in [1.54, 1.807) is 4.72 Å². The fourth-order valence-corrected chi connectivity index (χ4v) is 4.18. The smallest absolute Gasteiger partial charge is 0.344 e. The van der Waals surface area contributed by atoms with Crippen LogP contribution in [0.4, 0.5) is 27.6 Å². The van der Waals surface area contributed by atoms with Gasteiger partial charge in [0.15, 0.2) is 11.6 Å². The minimum absolute atomic E-state index is 0.0192. The summed E-state index contributed by atoms with van der Waals surface area (Å²) in [6.45, 7) is 1.44. The quantitative estimate of drug-likeness (QED) is 0.463. The number of anilines is 1. The highest BCUT2D eigenvalue weighted by atomic mass is 32.2. The summed E-state index contributed by atoms with van der Waals surface area (Å²) in [6, 6.07) is 5.34. The van der Waals surface area contributed by atoms with Crippen molar-refractivity contribution in [1.29, 1.82) is 0 Å². The molecule has 1 aromatic heterocycles. The third-order valence-corrected chi connectivity index (χ3v) is 5.84. The van der Waals surface area contributed by atoms with Gasteiger partial charge in [0.2, 0.25) is 10.0 Å². The summed E-state index contributed by atoms with van der Waals surface area (Å²) in [5.41, 5.74) is -1.58. The standard InChI is InChI=1S/C20H16F5N3O3S2/c1-10(12-7-14(21)17(15(22)8-12)28-33(2,30)31)26-18(29)16-9-32-19(27-16)11-4-3-5-13(6-11)20(23,24)25/h3-10,28H,1-2H3,(H,26,29)/t10-/m1/s1. The van der Waals surface area contributed by atoms with Gasteiger partial charge in [-0.1, -0.05) is 12.1 Å². The second-order valence-electron chi connectivity index (χ2n) is 7.05. The van der Waals surface area contributed by atoms with Crippen LogP contribution in [0.1, 0.15) is 34.6 Å². The number of nitrogens with one attached hydrogen (secondary N) is 2. The Kier molecular flexibility index (Phi) is 6.75. The molecular weight excluding hydrogens is 489 g/mol. The van der Waals surface area contributed by atoms with E-state index >= 15 is 0 Å². The lowest BCUT2D eigenvalue weighted by molar-refractivity contribution is -0.137. The molecule has 0 aliphatic rings. The van der Waals surface area contributed by atoms with Gasteiger partial charge < -0.3 is 5.32 Å². The number of halogens is 5. The predicted octanol–water partition coefficient (Wildman–Crippen LogP) is 4.97. The lowest BCUT2D eigenvalue weighted by Gasteiger charge is -2.15. The first-order valence-corrected chi connectivity index (χ1v) is 11.9. The first kappa shape index (κ1) is 24.6. The maximum atomic E-state index is 14.2. The van der Waals surface area contributed by atoms with E-state index < -0.39 is 51.0 Å². The first-order valence-electron chi connectivity index (χ1n) is 9.15. The number of aromatic nitrogens is 1. The van der Waals surface area contributed by atoms with Crippen molar-refractivity contribution in [1.82, 2.24) is 10.3 Å². The number of nitrogens with zero attached hydrogens (tertiary/aromatic N) is 1. The number of amides is 1. The van der Waals surface area contributed by atoms with Crippen molar-refractivity contribution in [2.75, 3.05) is 11.0 Å². The summed E-state index contributed by atoms with van der Waals surface area (Å²) < 4.78 is 91.4. The van der Waals surface area contributed by atoms with Gasteiger partial charge in [-0.2, -0.15) is 13.2 Å². The second-order valence-corrected chi connectivity index (χ2v) is 9.65. The molecule has 0 aliphatic heterocycles. The molecule has 33 heavy (non-hydrogen) atoms. The van der Waals surface area contributed by atoms with Gasteiger partial charge in [-0.25, -0.2) is 22.2 Å². The zero-order chi connectivity index (χ0) is 24.6. The van der Waals surface area contributed by atoms with Crippen LogP contribution in [-0.2, 0) is 16.2 Å². The maximum Gasteiger partial charge on any atom is 0.416 e. The van der Waals surface area contributed by atoms with Crippen LogP contribution in [-0.4, -0.2) is 25.6 Å². The molecule has 0 saturated heterocycles. The fraction of sp³-hybridized carbons (Fsp3) is 0.200. The molecule has 3 aromatic rings. The maximum absolute atomic E-state index is 14.2. The molecule has 2 N–H and O–H groups in total. The number of hydrogen-bond donors (Lipinski definition) is 2. The number of hydrogen-bond acceptors (Lipinski definition) is 5. The average molecular weight is 505 g/mol. The molecule has 6 nitrogen and oxygen atoms in total. The summed E-state index contributed by atoms with van der Waals surface area (Å²) in [5, 5.41) is 4.02. The van der Waals surface area contributed by atoms with E-state index in [-0.39, 0.29) is 21.8 Å². The molecule has 0 saturated carbocycles. The van der Waals surface area contributed by atoms with Gasteiger partial charge in [0.1, 0.15) is 16.4 Å². The Morgan fingerprint density at radius 3 is 2.33 bits per heavy atom. The predicted molar refractivity (Wildman–Crippen MR) is 113 cm³/mol. The zero-order valence-corrected chi connectivity index (χ0v) is 18.6. The third-order valence-electron chi connectivity index (χ3n) is 4.37. The molecule has 1 atom stereocenters. The fourth-order valence-electron chi connectivity index (χ4n) is 2.82. The van der Waals surface area contributed by atoms with Gasteiger partial charge >= 0.3 is 6.18 Å². The van der Waals surface area contributed by atoms with E-state index in [9.17, 15) is 35.2 Å². The van der Waals surface area contributed by atoms with E-state index in [4.69, 9.17) is 0 Å². The number of thiazole rings is 1. The van der Waals surface area contributed by atoms with Crippen molar-refractivity contribution in [3.05, 3.63) is 70.2 Å². The van der Waals surface area contributed by atoms with Crippen LogP contribution < -0.4 is 10.0 Å². The summed E-state index contributed by atoms with van der Waals surface area (Å²) in [7, 11) is -3.91. The van der Waals surface area contributed by atoms with Gasteiger partial charge in [-0.05, 0) is 36.8 Å². The largest absolute Gasteiger partial charge is 0.416 e. The van der Waals surface area contributed by atoms with E-state index in [1.165, 1.54) is 24.4 Å². The molecule has 0 fully saturated rings. The molecule has 3 rings (SSSR count). The van der Waals surface area contributed by atoms with E-state index in [0.29, 0.717) is 0 Å². The average Bonchev–Trinajstić information content (AvgIpc) is 3.20. The molecule has 1 amide bonds.